The minimum atomic E-state index is 0.805. The third kappa shape index (κ3) is 2.63. The molecule has 0 unspecified atom stereocenters. The van der Waals surface area contributed by atoms with Crippen LogP contribution >= 0.6 is 0 Å². The highest BCUT2D eigenvalue weighted by Crippen LogP contribution is 2.31. The molecule has 0 atom stereocenters. The van der Waals surface area contributed by atoms with Gasteiger partial charge in [-0.05, 0) is 31.5 Å². The van der Waals surface area contributed by atoms with Gasteiger partial charge < -0.3 is 5.32 Å². The molecular weight excluding hydrogens is 296 g/mol. The van der Waals surface area contributed by atoms with Gasteiger partial charge in [-0.1, -0.05) is 42.5 Å². The Morgan fingerprint density at radius 1 is 0.917 bits per heavy atom. The van der Waals surface area contributed by atoms with Crippen molar-refractivity contribution in [1.29, 1.82) is 0 Å². The SMILES string of the molecule is Cc1cc(Nc2cc(-c3ccccc3C)nc3ccccc23)n[nH]1. The van der Waals surface area contributed by atoms with Gasteiger partial charge in [0.2, 0.25) is 0 Å². The number of rotatable bonds is 3. The Balaban J connectivity index is 1.89. The number of para-hydroxylation sites is 1. The summed E-state index contributed by atoms with van der Waals surface area (Å²) in [5.74, 6) is 0.805. The van der Waals surface area contributed by atoms with Crippen molar-refractivity contribution in [2.45, 2.75) is 13.8 Å². The van der Waals surface area contributed by atoms with E-state index >= 15 is 0 Å². The van der Waals surface area contributed by atoms with Crippen molar-refractivity contribution in [3.8, 4) is 11.3 Å². The Labute approximate surface area is 140 Å². The van der Waals surface area contributed by atoms with E-state index in [4.69, 9.17) is 4.98 Å². The number of anilines is 2. The van der Waals surface area contributed by atoms with Crippen LogP contribution in [0, 0.1) is 13.8 Å². The molecule has 2 N–H and O–H groups in total. The van der Waals surface area contributed by atoms with Gasteiger partial charge >= 0.3 is 0 Å². The molecule has 0 fully saturated rings. The van der Waals surface area contributed by atoms with Gasteiger partial charge in [-0.15, -0.1) is 0 Å². The summed E-state index contributed by atoms with van der Waals surface area (Å²) in [5, 5.41) is 11.7. The van der Waals surface area contributed by atoms with Gasteiger partial charge in [0.05, 0.1) is 16.9 Å². The zero-order chi connectivity index (χ0) is 16.5. The van der Waals surface area contributed by atoms with Gasteiger partial charge in [0, 0.05) is 22.7 Å². The number of H-pyrrole nitrogens is 1. The predicted molar refractivity (Wildman–Crippen MR) is 98.5 cm³/mol. The fourth-order valence-corrected chi connectivity index (χ4v) is 2.90. The lowest BCUT2D eigenvalue weighted by molar-refractivity contribution is 1.05. The fraction of sp³-hybridized carbons (Fsp3) is 0.100. The standard InChI is InChI=1S/C20H18N4/c1-13-7-3-4-8-15(13)18-12-19(22-20-11-14(2)23-24-20)16-9-5-6-10-17(16)21-18/h3-12H,1-2H3,(H2,21,22,23,24). The molecule has 0 bridgehead atoms. The second kappa shape index (κ2) is 5.81. The van der Waals surface area contributed by atoms with Gasteiger partial charge in [0.1, 0.15) is 0 Å². The molecule has 0 saturated carbocycles. The smallest absolute Gasteiger partial charge is 0.152 e. The maximum Gasteiger partial charge on any atom is 0.152 e. The molecule has 0 aliphatic rings. The van der Waals surface area contributed by atoms with E-state index in [0.717, 1.165) is 39.4 Å². The molecule has 0 amide bonds. The lowest BCUT2D eigenvalue weighted by Crippen LogP contribution is -1.96. The molecular formula is C20H18N4. The second-order valence-electron chi connectivity index (χ2n) is 5.95. The number of nitrogens with one attached hydrogen (secondary N) is 2. The first-order chi connectivity index (χ1) is 11.7. The van der Waals surface area contributed by atoms with Gasteiger partial charge in [-0.25, -0.2) is 4.98 Å². The van der Waals surface area contributed by atoms with Crippen LogP contribution in [0.2, 0.25) is 0 Å². The quantitative estimate of drug-likeness (QED) is 0.560. The van der Waals surface area contributed by atoms with Gasteiger partial charge in [0.25, 0.3) is 0 Å². The first-order valence-corrected chi connectivity index (χ1v) is 7.95. The van der Waals surface area contributed by atoms with Crippen LogP contribution in [0.1, 0.15) is 11.3 Å². The maximum absolute atomic E-state index is 4.85. The average Bonchev–Trinajstić information content (AvgIpc) is 3.00. The van der Waals surface area contributed by atoms with Crippen molar-refractivity contribution in [2.75, 3.05) is 5.32 Å². The summed E-state index contributed by atoms with van der Waals surface area (Å²) in [6, 6.07) is 20.5. The maximum atomic E-state index is 4.85. The predicted octanol–water partition coefficient (Wildman–Crippen LogP) is 4.99. The van der Waals surface area contributed by atoms with Crippen LogP contribution in [-0.2, 0) is 0 Å². The summed E-state index contributed by atoms with van der Waals surface area (Å²) in [6.07, 6.45) is 0. The van der Waals surface area contributed by atoms with Crippen molar-refractivity contribution >= 4 is 22.4 Å². The fourth-order valence-electron chi connectivity index (χ4n) is 2.90. The third-order valence-corrected chi connectivity index (χ3v) is 4.11. The van der Waals surface area contributed by atoms with Crippen molar-refractivity contribution in [3.63, 3.8) is 0 Å². The van der Waals surface area contributed by atoms with E-state index in [1.165, 1.54) is 5.56 Å². The normalized spacial score (nSPS) is 10.9. The van der Waals surface area contributed by atoms with Crippen molar-refractivity contribution in [2.24, 2.45) is 0 Å². The first kappa shape index (κ1) is 14.5. The van der Waals surface area contributed by atoms with E-state index in [9.17, 15) is 0 Å². The Morgan fingerprint density at radius 2 is 1.71 bits per heavy atom. The van der Waals surface area contributed by atoms with Crippen molar-refractivity contribution in [1.82, 2.24) is 15.2 Å². The molecule has 24 heavy (non-hydrogen) atoms. The minimum Gasteiger partial charge on any atom is -0.338 e. The number of pyridine rings is 1. The van der Waals surface area contributed by atoms with E-state index < -0.39 is 0 Å². The van der Waals surface area contributed by atoms with E-state index in [0.29, 0.717) is 0 Å². The first-order valence-electron chi connectivity index (χ1n) is 7.95. The molecule has 0 radical (unpaired) electrons. The number of aryl methyl sites for hydroxylation is 2. The number of fused-ring (bicyclic) bond motifs is 1. The number of hydrogen-bond acceptors (Lipinski definition) is 3. The molecule has 0 spiro atoms. The van der Waals surface area contributed by atoms with Crippen LogP contribution in [0.4, 0.5) is 11.5 Å². The summed E-state index contributed by atoms with van der Waals surface area (Å²) < 4.78 is 0. The number of aromatic amines is 1. The largest absolute Gasteiger partial charge is 0.338 e. The second-order valence-corrected chi connectivity index (χ2v) is 5.95. The number of aromatic nitrogens is 3. The molecule has 118 valence electrons. The van der Waals surface area contributed by atoms with Crippen LogP contribution in [0.3, 0.4) is 0 Å². The molecule has 4 rings (SSSR count). The zero-order valence-corrected chi connectivity index (χ0v) is 13.7. The summed E-state index contributed by atoms with van der Waals surface area (Å²) in [6.45, 7) is 4.10. The van der Waals surface area contributed by atoms with Crippen LogP contribution in [0.5, 0.6) is 0 Å². The van der Waals surface area contributed by atoms with Crippen LogP contribution in [0.25, 0.3) is 22.2 Å². The molecule has 2 aromatic heterocycles. The number of nitrogens with zero attached hydrogens (tertiary/aromatic N) is 2. The molecule has 4 aromatic rings. The lowest BCUT2D eigenvalue weighted by Gasteiger charge is -2.12. The van der Waals surface area contributed by atoms with Crippen LogP contribution in [-0.4, -0.2) is 15.2 Å². The van der Waals surface area contributed by atoms with Gasteiger partial charge in [0.15, 0.2) is 5.82 Å². The van der Waals surface area contributed by atoms with Crippen molar-refractivity contribution in [3.05, 3.63) is 71.9 Å². The Morgan fingerprint density at radius 3 is 2.50 bits per heavy atom. The van der Waals surface area contributed by atoms with Crippen molar-refractivity contribution < 1.29 is 0 Å². The summed E-state index contributed by atoms with van der Waals surface area (Å²) in [5.41, 5.74) is 6.31. The molecule has 4 nitrogen and oxygen atoms in total. The molecule has 2 aromatic carbocycles. The molecule has 4 heteroatoms. The Hall–Kier alpha value is -3.14. The minimum absolute atomic E-state index is 0.805. The van der Waals surface area contributed by atoms with E-state index in [1.54, 1.807) is 0 Å². The topological polar surface area (TPSA) is 53.6 Å². The van der Waals surface area contributed by atoms with E-state index in [-0.39, 0.29) is 0 Å². The highest BCUT2D eigenvalue weighted by atomic mass is 15.2. The highest BCUT2D eigenvalue weighted by molar-refractivity contribution is 5.95. The summed E-state index contributed by atoms with van der Waals surface area (Å²) >= 11 is 0. The number of hydrogen-bond donors (Lipinski definition) is 2. The Kier molecular flexibility index (Phi) is 3.50. The summed E-state index contributed by atoms with van der Waals surface area (Å²) in [4.78, 5) is 4.85. The van der Waals surface area contributed by atoms with E-state index in [1.807, 2.05) is 43.3 Å². The number of benzene rings is 2. The zero-order valence-electron chi connectivity index (χ0n) is 13.7. The lowest BCUT2D eigenvalue weighted by atomic mass is 10.0. The highest BCUT2D eigenvalue weighted by Gasteiger charge is 2.10. The monoisotopic (exact) mass is 314 g/mol. The molecule has 2 heterocycles. The van der Waals surface area contributed by atoms with E-state index in [2.05, 4.69) is 46.7 Å². The molecule has 0 saturated heterocycles. The van der Waals surface area contributed by atoms with Gasteiger partial charge in [-0.3, -0.25) is 5.10 Å². The van der Waals surface area contributed by atoms with Crippen LogP contribution < -0.4 is 5.32 Å². The Bertz CT molecular complexity index is 1020. The molecule has 0 aliphatic heterocycles. The molecule has 0 aliphatic carbocycles. The van der Waals surface area contributed by atoms with Gasteiger partial charge in [-0.2, -0.15) is 5.10 Å². The average molecular weight is 314 g/mol. The third-order valence-electron chi connectivity index (χ3n) is 4.11. The van der Waals surface area contributed by atoms with Crippen LogP contribution in [0.15, 0.2) is 60.7 Å². The summed E-state index contributed by atoms with van der Waals surface area (Å²) in [7, 11) is 0.